The van der Waals surface area contributed by atoms with Crippen molar-refractivity contribution in [1.82, 2.24) is 5.32 Å². The van der Waals surface area contributed by atoms with Crippen LogP contribution in [0.4, 0.5) is 0 Å². The van der Waals surface area contributed by atoms with Gasteiger partial charge in [0.15, 0.2) is 6.17 Å². The molecule has 0 aromatic heterocycles. The third kappa shape index (κ3) is 5.09. The number of benzene rings is 1. The number of hydrogen-bond donors (Lipinski definition) is 1. The average molecular weight is 264 g/mol. The van der Waals surface area contributed by atoms with Gasteiger partial charge in [-0.25, -0.2) is 0 Å². The molecule has 0 saturated heterocycles. The van der Waals surface area contributed by atoms with Crippen LogP contribution in [0.3, 0.4) is 0 Å². The minimum absolute atomic E-state index is 0.0742. The fourth-order valence-corrected chi connectivity index (χ4v) is 1.73. The normalized spacial score (nSPS) is 12.8. The molecule has 1 amide bonds. The maximum absolute atomic E-state index is 12.1. The number of carboxylic acids is 1. The smallest absolute Gasteiger partial charge is 0.255 e. The first-order valence-corrected chi connectivity index (χ1v) is 6.17. The van der Waals surface area contributed by atoms with E-state index in [0.717, 1.165) is 0 Å². The van der Waals surface area contributed by atoms with E-state index < -0.39 is 5.97 Å². The molecule has 1 aromatic carbocycles. The van der Waals surface area contributed by atoms with Gasteiger partial charge >= 0.3 is 0 Å². The molecule has 5 nitrogen and oxygen atoms in total. The summed E-state index contributed by atoms with van der Waals surface area (Å²) in [5, 5.41) is 13.4. The van der Waals surface area contributed by atoms with Crippen LogP contribution in [0.15, 0.2) is 30.3 Å². The van der Waals surface area contributed by atoms with Crippen LogP contribution in [0.2, 0.25) is 0 Å². The zero-order valence-corrected chi connectivity index (χ0v) is 11.6. The number of nitrogens with one attached hydrogen (secondary N) is 1. The van der Waals surface area contributed by atoms with E-state index in [-0.39, 0.29) is 18.5 Å². The van der Waals surface area contributed by atoms with Crippen LogP contribution in [0.5, 0.6) is 0 Å². The van der Waals surface area contributed by atoms with Gasteiger partial charge in [-0.05, 0) is 18.6 Å². The van der Waals surface area contributed by atoms with Crippen LogP contribution in [-0.4, -0.2) is 43.7 Å². The number of nitrogens with zero attached hydrogens (tertiary/aromatic N) is 1. The number of carbonyl (C=O) groups excluding carboxylic acids is 2. The number of rotatable bonds is 6. The molecule has 0 heterocycles. The summed E-state index contributed by atoms with van der Waals surface area (Å²) in [7, 11) is 5.72. The molecule has 1 atom stereocenters. The average Bonchev–Trinajstić information content (AvgIpc) is 2.33. The fourth-order valence-electron chi connectivity index (χ4n) is 1.73. The predicted molar refractivity (Wildman–Crippen MR) is 70.0 cm³/mol. The van der Waals surface area contributed by atoms with Gasteiger partial charge in [0.05, 0.1) is 21.1 Å². The molecule has 1 rings (SSSR count). The second-order valence-electron chi connectivity index (χ2n) is 5.38. The predicted octanol–water partition coefficient (Wildman–Crippen LogP) is -0.0212. The van der Waals surface area contributed by atoms with Gasteiger partial charge in [-0.15, -0.1) is 0 Å². The van der Waals surface area contributed by atoms with Gasteiger partial charge in [0.1, 0.15) is 0 Å². The molecule has 1 aromatic rings. The van der Waals surface area contributed by atoms with Gasteiger partial charge in [0.25, 0.3) is 5.91 Å². The molecule has 0 fully saturated rings. The van der Waals surface area contributed by atoms with Crippen LogP contribution in [-0.2, 0) is 4.79 Å². The Kier molecular flexibility index (Phi) is 5.06. The van der Waals surface area contributed by atoms with Crippen LogP contribution in [0.25, 0.3) is 0 Å². The largest absolute Gasteiger partial charge is 0.550 e. The molecule has 0 aliphatic rings. The zero-order chi connectivity index (χ0) is 14.5. The lowest BCUT2D eigenvalue weighted by Crippen LogP contribution is -2.55. The molecule has 1 N–H and O–H groups in total. The van der Waals surface area contributed by atoms with Crippen LogP contribution in [0.1, 0.15) is 23.2 Å². The highest BCUT2D eigenvalue weighted by Crippen LogP contribution is 2.09. The number of carbonyl (C=O) groups is 2. The lowest BCUT2D eigenvalue weighted by Gasteiger charge is -2.34. The van der Waals surface area contributed by atoms with Crippen molar-refractivity contribution in [3.8, 4) is 0 Å². The van der Waals surface area contributed by atoms with Crippen molar-refractivity contribution >= 4 is 11.9 Å². The molecule has 0 aliphatic heterocycles. The second-order valence-corrected chi connectivity index (χ2v) is 5.38. The first-order valence-electron chi connectivity index (χ1n) is 6.17. The molecule has 0 bridgehead atoms. The van der Waals surface area contributed by atoms with Crippen LogP contribution >= 0.6 is 0 Å². The third-order valence-corrected chi connectivity index (χ3v) is 2.89. The molecule has 0 radical (unpaired) electrons. The summed E-state index contributed by atoms with van der Waals surface area (Å²) in [5.74, 6) is -1.30. The molecular formula is C14H20N2O3. The van der Waals surface area contributed by atoms with Crippen molar-refractivity contribution < 1.29 is 19.2 Å². The Bertz CT molecular complexity index is 438. The number of aliphatic carboxylic acids is 1. The highest BCUT2D eigenvalue weighted by atomic mass is 16.4. The van der Waals surface area contributed by atoms with Crippen molar-refractivity contribution in [1.29, 1.82) is 0 Å². The lowest BCUT2D eigenvalue weighted by atomic mass is 10.1. The Morgan fingerprint density at radius 3 is 2.26 bits per heavy atom. The van der Waals surface area contributed by atoms with E-state index in [9.17, 15) is 14.7 Å². The molecule has 5 heteroatoms. The summed E-state index contributed by atoms with van der Waals surface area (Å²) in [6, 6.07) is 8.86. The number of quaternary nitrogens is 1. The minimum atomic E-state index is -1.10. The number of carboxylic acid groups (broad SMARTS) is 1. The second kappa shape index (κ2) is 6.33. The summed E-state index contributed by atoms with van der Waals surface area (Å²) < 4.78 is 0.450. The fraction of sp³-hybridized carbons (Fsp3) is 0.429. The van der Waals surface area contributed by atoms with E-state index in [1.807, 2.05) is 27.2 Å². The van der Waals surface area contributed by atoms with Crippen molar-refractivity contribution in [3.05, 3.63) is 35.9 Å². The van der Waals surface area contributed by atoms with Crippen LogP contribution in [0, 0.1) is 0 Å². The summed E-state index contributed by atoms with van der Waals surface area (Å²) in [6.45, 7) is 0. The summed E-state index contributed by atoms with van der Waals surface area (Å²) >= 11 is 0. The van der Waals surface area contributed by atoms with Crippen molar-refractivity contribution in [2.45, 2.75) is 19.0 Å². The van der Waals surface area contributed by atoms with E-state index >= 15 is 0 Å². The van der Waals surface area contributed by atoms with Gasteiger partial charge < -0.3 is 19.7 Å². The maximum atomic E-state index is 12.1. The number of hydrogen-bond acceptors (Lipinski definition) is 3. The quantitative estimate of drug-likeness (QED) is 0.580. The third-order valence-electron chi connectivity index (χ3n) is 2.89. The Balaban J connectivity index is 2.72. The van der Waals surface area contributed by atoms with E-state index in [0.29, 0.717) is 16.5 Å². The minimum Gasteiger partial charge on any atom is -0.550 e. The van der Waals surface area contributed by atoms with Crippen molar-refractivity contribution in [2.75, 3.05) is 21.1 Å². The molecule has 0 spiro atoms. The summed E-state index contributed by atoms with van der Waals surface area (Å²) in [5.41, 5.74) is 0.564. The van der Waals surface area contributed by atoms with Crippen LogP contribution < -0.4 is 10.4 Å². The summed E-state index contributed by atoms with van der Waals surface area (Å²) in [4.78, 5) is 22.6. The highest BCUT2D eigenvalue weighted by molar-refractivity contribution is 5.94. The Labute approximate surface area is 113 Å². The SMILES string of the molecule is C[N+](C)(C)[C@H](CCC(=O)[O-])NC(=O)c1ccccc1. The molecule has 104 valence electrons. The van der Waals surface area contributed by atoms with Gasteiger partial charge in [-0.2, -0.15) is 0 Å². The van der Waals surface area contributed by atoms with Crippen molar-refractivity contribution in [2.24, 2.45) is 0 Å². The maximum Gasteiger partial charge on any atom is 0.255 e. The van der Waals surface area contributed by atoms with Gasteiger partial charge in [0.2, 0.25) is 0 Å². The first-order chi connectivity index (χ1) is 8.80. The van der Waals surface area contributed by atoms with E-state index in [1.54, 1.807) is 24.3 Å². The molecule has 19 heavy (non-hydrogen) atoms. The lowest BCUT2D eigenvalue weighted by molar-refractivity contribution is -0.898. The molecule has 0 aliphatic carbocycles. The van der Waals surface area contributed by atoms with Gasteiger partial charge in [-0.3, -0.25) is 4.79 Å². The van der Waals surface area contributed by atoms with Gasteiger partial charge in [0, 0.05) is 18.0 Å². The molecule has 0 unspecified atom stereocenters. The monoisotopic (exact) mass is 264 g/mol. The Hall–Kier alpha value is -1.88. The molecular weight excluding hydrogens is 244 g/mol. The standard InChI is InChI=1S/C14H20N2O3/c1-16(2,3)12(9-10-13(17)18)15-14(19)11-7-5-4-6-8-11/h4-8,12H,9-10H2,1-3H3,(H-,15,17,18,19)/t12-/m1/s1. The van der Waals surface area contributed by atoms with Crippen molar-refractivity contribution in [3.63, 3.8) is 0 Å². The van der Waals surface area contributed by atoms with E-state index in [4.69, 9.17) is 0 Å². The summed E-state index contributed by atoms with van der Waals surface area (Å²) in [6.07, 6.45) is -0.00903. The zero-order valence-electron chi connectivity index (χ0n) is 11.6. The molecule has 0 saturated carbocycles. The van der Waals surface area contributed by atoms with E-state index in [1.165, 1.54) is 0 Å². The number of amides is 1. The highest BCUT2D eigenvalue weighted by Gasteiger charge is 2.25. The first kappa shape index (κ1) is 15.2. The van der Waals surface area contributed by atoms with E-state index in [2.05, 4.69) is 5.32 Å². The Morgan fingerprint density at radius 2 is 1.79 bits per heavy atom. The topological polar surface area (TPSA) is 69.2 Å². The van der Waals surface area contributed by atoms with Gasteiger partial charge in [-0.1, -0.05) is 18.2 Å². The Morgan fingerprint density at radius 1 is 1.21 bits per heavy atom.